The molecule has 0 N–H and O–H groups in total. The molecule has 0 atom stereocenters. The Hall–Kier alpha value is -0.197. The van der Waals surface area contributed by atoms with E-state index < -0.39 is 5.60 Å². The van der Waals surface area contributed by atoms with Gasteiger partial charge in [-0.25, -0.2) is 0 Å². The van der Waals surface area contributed by atoms with Crippen molar-refractivity contribution in [3.05, 3.63) is 30.3 Å². The predicted molar refractivity (Wildman–Crippen MR) is 45.8 cm³/mol. The van der Waals surface area contributed by atoms with Gasteiger partial charge in [-0.05, 0) is 0 Å². The number of benzene rings is 1. The third kappa shape index (κ3) is 12.5. The van der Waals surface area contributed by atoms with Crippen LogP contribution >= 0.6 is 0 Å². The van der Waals surface area contributed by atoms with Crippen LogP contribution in [-0.2, 0) is 18.3 Å². The van der Waals surface area contributed by atoms with Gasteiger partial charge in [0.15, 0.2) is 0 Å². The summed E-state index contributed by atoms with van der Waals surface area (Å²) < 4.78 is 1.45. The maximum absolute atomic E-state index is 10.1. The van der Waals surface area contributed by atoms with Crippen LogP contribution in [0.1, 0.15) is 20.8 Å². The van der Waals surface area contributed by atoms with Gasteiger partial charge in [0, 0.05) is 0 Å². The Bertz CT molecular complexity index is 195. The number of hydrogen-bond acceptors (Lipinski definition) is 1. The summed E-state index contributed by atoms with van der Waals surface area (Å²) >= 11 is 1.26. The zero-order valence-corrected chi connectivity index (χ0v) is 11.0. The molecule has 2 heteroatoms. The van der Waals surface area contributed by atoms with Gasteiger partial charge in [0.25, 0.3) is 0 Å². The normalized spacial score (nSPS) is 10.2. The third-order valence-corrected chi connectivity index (χ3v) is 1.83. The van der Waals surface area contributed by atoms with Gasteiger partial charge in [0.1, 0.15) is 0 Å². The first-order valence-corrected chi connectivity index (χ1v) is 5.45. The van der Waals surface area contributed by atoms with Gasteiger partial charge in [-0.3, -0.25) is 0 Å². The molecule has 1 aromatic rings. The Labute approximate surface area is 84.5 Å². The van der Waals surface area contributed by atoms with Gasteiger partial charge in [-0.1, -0.05) is 20.8 Å². The topological polar surface area (TPSA) is 23.1 Å². The summed E-state index contributed by atoms with van der Waals surface area (Å²) in [5, 5.41) is 10.1. The monoisotopic (exact) mass is 214 g/mol. The summed E-state index contributed by atoms with van der Waals surface area (Å²) in [6, 6.07) is 10.5. The van der Waals surface area contributed by atoms with Crippen molar-refractivity contribution < 1.29 is 23.4 Å². The fraction of sp³-hybridized carbons (Fsp3) is 0.400. The van der Waals surface area contributed by atoms with E-state index in [-0.39, 0.29) is 0 Å². The second kappa shape index (κ2) is 5.45. The molecule has 0 amide bonds. The molecule has 0 saturated heterocycles. The van der Waals surface area contributed by atoms with E-state index in [4.69, 9.17) is 0 Å². The first-order chi connectivity index (χ1) is 5.39. The minimum absolute atomic E-state index is 0.750. The number of rotatable bonds is 0. The van der Waals surface area contributed by atoms with Crippen LogP contribution in [0, 0.1) is 0 Å². The quantitative estimate of drug-likeness (QED) is 0.593. The molecule has 12 heavy (non-hydrogen) atoms. The molecule has 0 aliphatic heterocycles. The summed E-state index contributed by atoms with van der Waals surface area (Å²) in [6.45, 7) is 4.90. The molecule has 0 unspecified atom stereocenters. The van der Waals surface area contributed by atoms with Crippen LogP contribution in [0.4, 0.5) is 0 Å². The van der Waals surface area contributed by atoms with Crippen LogP contribution in [0.3, 0.4) is 0 Å². The molecule has 1 aromatic carbocycles. The van der Waals surface area contributed by atoms with E-state index in [1.807, 2.05) is 6.07 Å². The fourth-order valence-electron chi connectivity index (χ4n) is 0.478. The van der Waals surface area contributed by atoms with Crippen molar-refractivity contribution in [3.63, 3.8) is 0 Å². The summed E-state index contributed by atoms with van der Waals surface area (Å²) in [7, 11) is 0. The molecule has 0 saturated carbocycles. The molecule has 0 radical (unpaired) electrons. The average molecular weight is 216 g/mol. The van der Waals surface area contributed by atoms with E-state index in [0.717, 1.165) is 0 Å². The molecule has 0 fully saturated rings. The van der Waals surface area contributed by atoms with Crippen LogP contribution < -0.4 is 9.26 Å². The van der Waals surface area contributed by atoms with Gasteiger partial charge in [0.2, 0.25) is 0 Å². The van der Waals surface area contributed by atoms with Gasteiger partial charge in [-0.15, -0.1) is 5.60 Å². The standard InChI is InChI=1S/C6H5.C4H9O.Zn/c1-2-4-6-5-3-1;1-4(2,3)5;/h1-5H;1-3H3;/q;-1;+1. The number of hydrogen-bond donors (Lipinski definition) is 0. The fourth-order valence-corrected chi connectivity index (χ4v) is 1.05. The van der Waals surface area contributed by atoms with Crippen molar-refractivity contribution in [1.29, 1.82) is 0 Å². The molecule has 0 heterocycles. The first-order valence-electron chi connectivity index (χ1n) is 3.97. The second-order valence-corrected chi connectivity index (χ2v) is 5.31. The second-order valence-electron chi connectivity index (χ2n) is 3.60. The van der Waals surface area contributed by atoms with E-state index in [0.29, 0.717) is 0 Å². The Morgan fingerprint density at radius 3 is 1.58 bits per heavy atom. The summed E-state index contributed by atoms with van der Waals surface area (Å²) in [4.78, 5) is 0. The molecule has 0 aliphatic rings. The zero-order valence-electron chi connectivity index (χ0n) is 8.00. The Morgan fingerprint density at radius 1 is 1.08 bits per heavy atom. The molecule has 62 valence electrons. The molecule has 1 nitrogen and oxygen atoms in total. The minimum atomic E-state index is -0.750. The SMILES string of the molecule is CC(C)(C)[O-].[Zn+][c]1ccccc1. The van der Waals surface area contributed by atoms with Crippen LogP contribution in [0.2, 0.25) is 0 Å². The van der Waals surface area contributed by atoms with Crippen LogP contribution in [0.25, 0.3) is 0 Å². The van der Waals surface area contributed by atoms with E-state index >= 15 is 0 Å². The first kappa shape index (κ1) is 11.8. The van der Waals surface area contributed by atoms with Gasteiger partial charge in [-0.2, -0.15) is 0 Å². The summed E-state index contributed by atoms with van der Waals surface area (Å²) in [5.74, 6) is 0. The maximum atomic E-state index is 10.1. The van der Waals surface area contributed by atoms with Crippen molar-refractivity contribution in [2.45, 2.75) is 26.4 Å². The van der Waals surface area contributed by atoms with E-state index in [1.54, 1.807) is 20.8 Å². The van der Waals surface area contributed by atoms with E-state index in [1.165, 1.54) is 22.5 Å². The average Bonchev–Trinajstić information content (AvgIpc) is 1.85. The van der Waals surface area contributed by atoms with Gasteiger partial charge in [0.05, 0.1) is 0 Å². The van der Waals surface area contributed by atoms with Crippen LogP contribution in [-0.4, -0.2) is 5.60 Å². The van der Waals surface area contributed by atoms with Crippen molar-refractivity contribution >= 4 is 4.16 Å². The Morgan fingerprint density at radius 2 is 1.42 bits per heavy atom. The zero-order chi connectivity index (χ0) is 9.61. The molecule has 0 bridgehead atoms. The van der Waals surface area contributed by atoms with Crippen molar-refractivity contribution in [3.8, 4) is 0 Å². The van der Waals surface area contributed by atoms with Crippen LogP contribution in [0.5, 0.6) is 0 Å². The van der Waals surface area contributed by atoms with Gasteiger partial charge >= 0.3 is 52.8 Å². The van der Waals surface area contributed by atoms with E-state index in [9.17, 15) is 5.11 Å². The van der Waals surface area contributed by atoms with Crippen molar-refractivity contribution in [1.82, 2.24) is 0 Å². The van der Waals surface area contributed by atoms with Gasteiger partial charge < -0.3 is 5.11 Å². The molecular weight excluding hydrogens is 201 g/mol. The van der Waals surface area contributed by atoms with E-state index in [2.05, 4.69) is 24.3 Å². The Kier molecular flexibility index (Phi) is 5.36. The summed E-state index contributed by atoms with van der Waals surface area (Å²) in [6.07, 6.45) is 0. The molecule has 0 aromatic heterocycles. The molecule has 0 aliphatic carbocycles. The van der Waals surface area contributed by atoms with Crippen LogP contribution in [0.15, 0.2) is 30.3 Å². The molecule has 1 rings (SSSR count). The Balaban J connectivity index is 0.000000217. The van der Waals surface area contributed by atoms with Crippen molar-refractivity contribution in [2.75, 3.05) is 0 Å². The van der Waals surface area contributed by atoms with Crippen molar-refractivity contribution in [2.24, 2.45) is 0 Å². The third-order valence-electron chi connectivity index (χ3n) is 0.843. The predicted octanol–water partition coefficient (Wildman–Crippen LogP) is 1.00. The molecular formula is C10H14OZn. The molecule has 0 spiro atoms. The summed E-state index contributed by atoms with van der Waals surface area (Å²) in [5.41, 5.74) is -0.750.